The maximum Gasteiger partial charge on any atom is 0.255 e. The Morgan fingerprint density at radius 2 is 2.10 bits per heavy atom. The van der Waals surface area contributed by atoms with Crippen LogP contribution in [-0.4, -0.2) is 35.9 Å². The standard InChI is InChI=1S/C15H19N3O3/c16-13(19)9-21-11-6-4-10(5-7-11)14-17-15(20)12-3-1-2-8-18(12)14/h4-7,12,14H,1-3,8-9H2,(H2,16,19)(H,17,20). The number of primary amides is 1. The Bertz CT molecular complexity index is 544. The number of nitrogens with two attached hydrogens (primary N) is 1. The average Bonchev–Trinajstić information content (AvgIpc) is 2.83. The summed E-state index contributed by atoms with van der Waals surface area (Å²) in [4.78, 5) is 24.9. The summed E-state index contributed by atoms with van der Waals surface area (Å²) in [7, 11) is 0. The van der Waals surface area contributed by atoms with Crippen LogP contribution in [0, 0.1) is 0 Å². The van der Waals surface area contributed by atoms with E-state index in [4.69, 9.17) is 10.5 Å². The monoisotopic (exact) mass is 289 g/mol. The second-order valence-electron chi connectivity index (χ2n) is 5.48. The summed E-state index contributed by atoms with van der Waals surface area (Å²) in [5.41, 5.74) is 6.07. The number of hydrogen-bond acceptors (Lipinski definition) is 4. The van der Waals surface area contributed by atoms with Gasteiger partial charge in [-0.15, -0.1) is 0 Å². The van der Waals surface area contributed by atoms with Crippen molar-refractivity contribution in [2.75, 3.05) is 13.2 Å². The zero-order valence-corrected chi connectivity index (χ0v) is 11.7. The van der Waals surface area contributed by atoms with Gasteiger partial charge < -0.3 is 15.8 Å². The van der Waals surface area contributed by atoms with Crippen molar-refractivity contribution in [1.29, 1.82) is 0 Å². The number of carbonyl (C=O) groups excluding carboxylic acids is 2. The fraction of sp³-hybridized carbons (Fsp3) is 0.467. The second-order valence-corrected chi connectivity index (χ2v) is 5.48. The molecule has 2 saturated heterocycles. The fourth-order valence-corrected chi connectivity index (χ4v) is 3.03. The van der Waals surface area contributed by atoms with E-state index in [2.05, 4.69) is 10.2 Å². The Kier molecular flexibility index (Phi) is 3.79. The smallest absolute Gasteiger partial charge is 0.255 e. The maximum atomic E-state index is 12.0. The van der Waals surface area contributed by atoms with Crippen LogP contribution in [0.2, 0.25) is 0 Å². The first kappa shape index (κ1) is 13.9. The zero-order valence-electron chi connectivity index (χ0n) is 11.7. The van der Waals surface area contributed by atoms with E-state index in [-0.39, 0.29) is 24.7 Å². The van der Waals surface area contributed by atoms with Gasteiger partial charge >= 0.3 is 0 Å². The lowest BCUT2D eigenvalue weighted by atomic mass is 10.0. The molecule has 2 heterocycles. The molecule has 0 radical (unpaired) electrons. The van der Waals surface area contributed by atoms with E-state index >= 15 is 0 Å². The van der Waals surface area contributed by atoms with Gasteiger partial charge in [-0.2, -0.15) is 0 Å². The third-order valence-corrected chi connectivity index (χ3v) is 4.03. The third-order valence-electron chi connectivity index (χ3n) is 4.03. The highest BCUT2D eigenvalue weighted by atomic mass is 16.5. The fourth-order valence-electron chi connectivity index (χ4n) is 3.03. The molecule has 21 heavy (non-hydrogen) atoms. The number of benzene rings is 1. The topological polar surface area (TPSA) is 84.7 Å². The molecule has 0 aromatic heterocycles. The Morgan fingerprint density at radius 1 is 1.33 bits per heavy atom. The summed E-state index contributed by atoms with van der Waals surface area (Å²) in [6.45, 7) is 0.807. The van der Waals surface area contributed by atoms with Crippen molar-refractivity contribution in [2.45, 2.75) is 31.5 Å². The molecule has 2 aliphatic rings. The number of fused-ring (bicyclic) bond motifs is 1. The number of nitrogens with zero attached hydrogens (tertiary/aromatic N) is 1. The van der Waals surface area contributed by atoms with Crippen LogP contribution in [0.5, 0.6) is 5.75 Å². The summed E-state index contributed by atoms with van der Waals surface area (Å²) in [6, 6.07) is 7.43. The largest absolute Gasteiger partial charge is 0.484 e. The highest BCUT2D eigenvalue weighted by molar-refractivity contribution is 5.84. The Morgan fingerprint density at radius 3 is 2.81 bits per heavy atom. The molecular weight excluding hydrogens is 270 g/mol. The van der Waals surface area contributed by atoms with Crippen LogP contribution in [-0.2, 0) is 9.59 Å². The molecule has 2 amide bonds. The molecule has 2 fully saturated rings. The lowest BCUT2D eigenvalue weighted by molar-refractivity contribution is -0.122. The van der Waals surface area contributed by atoms with Crippen LogP contribution in [0.4, 0.5) is 0 Å². The van der Waals surface area contributed by atoms with Crippen molar-refractivity contribution in [3.63, 3.8) is 0 Å². The predicted molar refractivity (Wildman–Crippen MR) is 76.4 cm³/mol. The van der Waals surface area contributed by atoms with Gasteiger partial charge in [-0.3, -0.25) is 14.5 Å². The van der Waals surface area contributed by atoms with Gasteiger partial charge in [0.15, 0.2) is 6.61 Å². The Balaban J connectivity index is 1.72. The number of amides is 2. The van der Waals surface area contributed by atoms with Crippen molar-refractivity contribution < 1.29 is 14.3 Å². The molecule has 0 saturated carbocycles. The van der Waals surface area contributed by atoms with Crippen molar-refractivity contribution in [3.8, 4) is 5.75 Å². The number of ether oxygens (including phenoxy) is 1. The number of piperidine rings is 1. The van der Waals surface area contributed by atoms with Crippen LogP contribution in [0.3, 0.4) is 0 Å². The lowest BCUT2D eigenvalue weighted by Gasteiger charge is -2.31. The van der Waals surface area contributed by atoms with Crippen molar-refractivity contribution >= 4 is 11.8 Å². The van der Waals surface area contributed by atoms with Gasteiger partial charge in [-0.25, -0.2) is 0 Å². The molecule has 0 aliphatic carbocycles. The third kappa shape index (κ3) is 2.85. The van der Waals surface area contributed by atoms with E-state index in [1.165, 1.54) is 0 Å². The van der Waals surface area contributed by atoms with E-state index in [0.29, 0.717) is 5.75 Å². The van der Waals surface area contributed by atoms with Crippen molar-refractivity contribution in [2.24, 2.45) is 5.73 Å². The van der Waals surface area contributed by atoms with E-state index in [9.17, 15) is 9.59 Å². The molecular formula is C15H19N3O3. The summed E-state index contributed by atoms with van der Waals surface area (Å²) >= 11 is 0. The quantitative estimate of drug-likeness (QED) is 0.847. The highest BCUT2D eigenvalue weighted by Crippen LogP contribution is 2.32. The van der Waals surface area contributed by atoms with E-state index in [1.54, 1.807) is 12.1 Å². The molecule has 112 valence electrons. The van der Waals surface area contributed by atoms with E-state index in [0.717, 1.165) is 31.4 Å². The SMILES string of the molecule is NC(=O)COc1ccc(C2NC(=O)C3CCCCN32)cc1. The zero-order chi connectivity index (χ0) is 14.8. The minimum absolute atomic E-state index is 0.00883. The number of nitrogens with one attached hydrogen (secondary N) is 1. The summed E-state index contributed by atoms with van der Waals surface area (Å²) in [5, 5.41) is 3.05. The number of carbonyl (C=O) groups is 2. The first-order valence-electron chi connectivity index (χ1n) is 7.22. The minimum Gasteiger partial charge on any atom is -0.484 e. The molecule has 2 aliphatic heterocycles. The summed E-state index contributed by atoms with van der Waals surface area (Å²) in [5.74, 6) is 0.212. The molecule has 3 rings (SSSR count). The van der Waals surface area contributed by atoms with Gasteiger partial charge in [0.25, 0.3) is 5.91 Å². The van der Waals surface area contributed by atoms with E-state index in [1.807, 2.05) is 12.1 Å². The Labute approximate surface area is 123 Å². The molecule has 2 unspecified atom stereocenters. The highest BCUT2D eigenvalue weighted by Gasteiger charge is 2.41. The molecule has 2 atom stereocenters. The van der Waals surface area contributed by atoms with Crippen molar-refractivity contribution in [3.05, 3.63) is 29.8 Å². The second kappa shape index (κ2) is 5.73. The molecule has 3 N–H and O–H groups in total. The predicted octanol–water partition coefficient (Wildman–Crippen LogP) is 0.534. The Hall–Kier alpha value is -2.08. The molecule has 6 heteroatoms. The molecule has 0 spiro atoms. The van der Waals surface area contributed by atoms with Crippen molar-refractivity contribution in [1.82, 2.24) is 10.2 Å². The molecule has 0 bridgehead atoms. The first-order chi connectivity index (χ1) is 10.1. The van der Waals surface area contributed by atoms with Crippen LogP contribution < -0.4 is 15.8 Å². The van der Waals surface area contributed by atoms with Gasteiger partial charge in [-0.05, 0) is 30.5 Å². The number of hydrogen-bond donors (Lipinski definition) is 2. The lowest BCUT2D eigenvalue weighted by Crippen LogP contribution is -2.38. The normalized spacial score (nSPS) is 25.2. The number of rotatable bonds is 4. The van der Waals surface area contributed by atoms with Gasteiger partial charge in [-0.1, -0.05) is 18.6 Å². The van der Waals surface area contributed by atoms with Gasteiger partial charge in [0.2, 0.25) is 5.91 Å². The van der Waals surface area contributed by atoms with Crippen LogP contribution in [0.1, 0.15) is 31.0 Å². The van der Waals surface area contributed by atoms with Gasteiger partial charge in [0.1, 0.15) is 11.9 Å². The first-order valence-corrected chi connectivity index (χ1v) is 7.22. The average molecular weight is 289 g/mol. The molecule has 1 aromatic carbocycles. The summed E-state index contributed by atoms with van der Waals surface area (Å²) < 4.78 is 5.24. The summed E-state index contributed by atoms with van der Waals surface area (Å²) in [6.07, 6.45) is 3.11. The molecule has 1 aromatic rings. The van der Waals surface area contributed by atoms with Crippen LogP contribution in [0.25, 0.3) is 0 Å². The maximum absolute atomic E-state index is 12.0. The van der Waals surface area contributed by atoms with Crippen LogP contribution in [0.15, 0.2) is 24.3 Å². The molecule has 6 nitrogen and oxygen atoms in total. The van der Waals surface area contributed by atoms with E-state index < -0.39 is 5.91 Å². The minimum atomic E-state index is -0.502. The van der Waals surface area contributed by atoms with Gasteiger partial charge in [0.05, 0.1) is 6.04 Å². The van der Waals surface area contributed by atoms with Gasteiger partial charge in [0, 0.05) is 6.54 Å². The van der Waals surface area contributed by atoms with Crippen LogP contribution >= 0.6 is 0 Å².